The second-order valence-corrected chi connectivity index (χ2v) is 15.3. The smallest absolute Gasteiger partial charge is 0.326 e. The Morgan fingerprint density at radius 3 is 2.32 bits per heavy atom. The summed E-state index contributed by atoms with van der Waals surface area (Å²) >= 11 is 0. The highest BCUT2D eigenvalue weighted by molar-refractivity contribution is 5.93. The van der Waals surface area contributed by atoms with Crippen molar-refractivity contribution in [2.45, 2.75) is 110 Å². The lowest BCUT2D eigenvalue weighted by Crippen LogP contribution is -2.56. The van der Waals surface area contributed by atoms with Gasteiger partial charge in [0.2, 0.25) is 23.7 Å². The van der Waals surface area contributed by atoms with Gasteiger partial charge in [-0.2, -0.15) is 0 Å². The van der Waals surface area contributed by atoms with E-state index in [1.807, 2.05) is 58.0 Å². The average Bonchev–Trinajstić information content (AvgIpc) is 3.67. The van der Waals surface area contributed by atoms with Gasteiger partial charge in [-0.1, -0.05) is 71.4 Å². The number of likely N-dealkylation sites (N-methyl/N-ethyl adjacent to an activating group) is 1. The minimum atomic E-state index is -1.15. The number of hydrogen-bond donors (Lipinski definition) is 5. The normalized spacial score (nSPS) is 17.8. The summed E-state index contributed by atoms with van der Waals surface area (Å²) in [5.41, 5.74) is 7.01. The fourth-order valence-electron chi connectivity index (χ4n) is 7.56. The third-order valence-electron chi connectivity index (χ3n) is 10.9. The van der Waals surface area contributed by atoms with E-state index in [1.54, 1.807) is 36.8 Å². The highest BCUT2D eigenvalue weighted by Gasteiger charge is 2.43. The number of anilines is 1. The van der Waals surface area contributed by atoms with E-state index in [0.29, 0.717) is 31.5 Å². The summed E-state index contributed by atoms with van der Waals surface area (Å²) in [6.45, 7) is 12.3. The number of ether oxygens (including phenoxy) is 2. The summed E-state index contributed by atoms with van der Waals surface area (Å²) in [5, 5.41) is 18.4. The van der Waals surface area contributed by atoms with Gasteiger partial charge in [0, 0.05) is 53.0 Å². The molecule has 6 N–H and O–H groups in total. The van der Waals surface area contributed by atoms with Gasteiger partial charge in [0.25, 0.3) is 5.91 Å². The third-order valence-corrected chi connectivity index (χ3v) is 10.9. The van der Waals surface area contributed by atoms with Gasteiger partial charge in [0.05, 0.1) is 36.6 Å². The first kappa shape index (κ1) is 46.7. The van der Waals surface area contributed by atoms with E-state index in [1.165, 1.54) is 14.2 Å². The Balaban J connectivity index is 1.79. The van der Waals surface area contributed by atoms with Crippen LogP contribution in [0.15, 0.2) is 36.4 Å². The number of aromatic nitrogens is 2. The SMILES string of the molecule is CC[C@H](C)[C@@H]([C@@H](CC(=O)N1CCCC1[C@H](OC)[C@@H](C)C(=O)NC(Cc1ccccc1)C(=O)O)OC)N(C)C(=O)C(Nc1nc(C)cc(C(=O)NCCN)n1)C(C)C. The number of rotatable bonds is 22. The number of nitrogens with zero attached hydrogens (tertiary/aromatic N) is 4. The number of likely N-dealkylation sites (tertiary alicyclic amines) is 1. The van der Waals surface area contributed by atoms with Crippen LogP contribution in [-0.2, 0) is 35.1 Å². The zero-order valence-corrected chi connectivity index (χ0v) is 35.0. The van der Waals surface area contributed by atoms with E-state index in [-0.39, 0.29) is 61.2 Å². The number of aliphatic carboxylic acids is 1. The van der Waals surface area contributed by atoms with Crippen LogP contribution in [0.25, 0.3) is 0 Å². The minimum absolute atomic E-state index is 0.0309. The number of carboxylic acid groups (broad SMARTS) is 1. The number of carboxylic acids is 1. The summed E-state index contributed by atoms with van der Waals surface area (Å²) < 4.78 is 11.9. The molecule has 1 fully saturated rings. The van der Waals surface area contributed by atoms with Crippen LogP contribution in [0.3, 0.4) is 0 Å². The monoisotopic (exact) mass is 796 g/mol. The van der Waals surface area contributed by atoms with Crippen molar-refractivity contribution in [2.24, 2.45) is 23.5 Å². The van der Waals surface area contributed by atoms with Crippen molar-refractivity contribution in [2.75, 3.05) is 46.2 Å². The predicted octanol–water partition coefficient (Wildman–Crippen LogP) is 2.64. The van der Waals surface area contributed by atoms with E-state index < -0.39 is 60.1 Å². The fourth-order valence-corrected chi connectivity index (χ4v) is 7.56. The first-order valence-electron chi connectivity index (χ1n) is 19.9. The molecule has 8 atom stereocenters. The van der Waals surface area contributed by atoms with Gasteiger partial charge in [-0.3, -0.25) is 19.2 Å². The van der Waals surface area contributed by atoms with Crippen LogP contribution in [0.1, 0.15) is 82.0 Å². The van der Waals surface area contributed by atoms with Crippen molar-refractivity contribution in [1.29, 1.82) is 0 Å². The minimum Gasteiger partial charge on any atom is -0.480 e. The van der Waals surface area contributed by atoms with E-state index in [4.69, 9.17) is 15.2 Å². The van der Waals surface area contributed by atoms with Crippen LogP contribution in [0.5, 0.6) is 0 Å². The topological polar surface area (TPSA) is 218 Å². The molecule has 0 saturated carbocycles. The Bertz CT molecular complexity index is 1650. The molecule has 1 saturated heterocycles. The van der Waals surface area contributed by atoms with Crippen LogP contribution in [0, 0.1) is 24.7 Å². The lowest BCUT2D eigenvalue weighted by molar-refractivity contribution is -0.147. The van der Waals surface area contributed by atoms with Crippen LogP contribution in [-0.4, -0.2) is 132 Å². The van der Waals surface area contributed by atoms with E-state index in [9.17, 15) is 29.1 Å². The molecule has 2 heterocycles. The Morgan fingerprint density at radius 2 is 1.74 bits per heavy atom. The zero-order valence-electron chi connectivity index (χ0n) is 35.0. The van der Waals surface area contributed by atoms with Gasteiger partial charge in [-0.15, -0.1) is 0 Å². The molecule has 2 aromatic rings. The Morgan fingerprint density at radius 1 is 1.05 bits per heavy atom. The second-order valence-electron chi connectivity index (χ2n) is 15.3. The summed E-state index contributed by atoms with van der Waals surface area (Å²) in [4.78, 5) is 79.1. The first-order chi connectivity index (χ1) is 27.1. The van der Waals surface area contributed by atoms with Crippen LogP contribution in [0.4, 0.5) is 5.95 Å². The van der Waals surface area contributed by atoms with Gasteiger partial charge in [-0.25, -0.2) is 14.8 Å². The first-order valence-corrected chi connectivity index (χ1v) is 19.9. The number of carbonyl (C=O) groups excluding carboxylic acids is 4. The molecule has 0 radical (unpaired) electrons. The van der Waals surface area contributed by atoms with Gasteiger partial charge in [0.15, 0.2) is 0 Å². The molecular formula is C41H64N8O8. The largest absolute Gasteiger partial charge is 0.480 e. The number of nitrogens with two attached hydrogens (primary N) is 1. The van der Waals surface area contributed by atoms with Gasteiger partial charge < -0.3 is 46.1 Å². The number of amides is 4. The van der Waals surface area contributed by atoms with Crippen molar-refractivity contribution in [1.82, 2.24) is 30.4 Å². The van der Waals surface area contributed by atoms with E-state index in [2.05, 4.69) is 25.9 Å². The molecule has 16 heteroatoms. The molecule has 0 spiro atoms. The molecule has 1 aliphatic rings. The lowest BCUT2D eigenvalue weighted by atomic mass is 9.89. The molecule has 0 aliphatic carbocycles. The van der Waals surface area contributed by atoms with Gasteiger partial charge in [-0.05, 0) is 43.2 Å². The Hall–Kier alpha value is -4.67. The van der Waals surface area contributed by atoms with Crippen LogP contribution in [0.2, 0.25) is 0 Å². The number of hydrogen-bond acceptors (Lipinski definition) is 11. The number of methoxy groups -OCH3 is 2. The van der Waals surface area contributed by atoms with Crippen molar-refractivity contribution < 1.29 is 38.6 Å². The Kier molecular flexibility index (Phi) is 18.3. The molecule has 0 bridgehead atoms. The van der Waals surface area contributed by atoms with E-state index >= 15 is 0 Å². The standard InChI is InChI=1S/C41H64N8O8/c1-10-25(4)35(48(7)39(53)34(24(2)3)47-41-44-26(5)21-29(46-41)38(52)43-19-18-42)32(56-8)23-33(50)49-20-14-17-31(49)36(57-9)27(6)37(51)45-30(40(54)55)22-28-15-12-11-13-16-28/h11-13,15-16,21,24-25,27,30-32,34-36H,10,14,17-20,22-23,42H2,1-9H3,(H,43,52)(H,45,51)(H,54,55)(H,44,46,47)/t25-,27+,30?,31?,32+,34?,35-,36+/m0/s1. The molecule has 1 aromatic carbocycles. The highest BCUT2D eigenvalue weighted by Crippen LogP contribution is 2.30. The molecule has 1 aromatic heterocycles. The summed E-state index contributed by atoms with van der Waals surface area (Å²) in [7, 11) is 4.73. The van der Waals surface area contributed by atoms with Crippen LogP contribution >= 0.6 is 0 Å². The van der Waals surface area contributed by atoms with Crippen molar-refractivity contribution in [3.63, 3.8) is 0 Å². The lowest BCUT2D eigenvalue weighted by Gasteiger charge is -2.40. The number of benzene rings is 1. The third kappa shape index (κ3) is 12.7. The molecule has 1 aliphatic heterocycles. The molecule has 3 rings (SSSR count). The van der Waals surface area contributed by atoms with Crippen molar-refractivity contribution in [3.05, 3.63) is 53.3 Å². The Labute approximate surface area is 337 Å². The molecule has 4 amide bonds. The molecule has 57 heavy (non-hydrogen) atoms. The number of nitrogens with one attached hydrogen (secondary N) is 3. The summed E-state index contributed by atoms with van der Waals surface area (Å²) in [6.07, 6.45) is 0.697. The van der Waals surface area contributed by atoms with Crippen molar-refractivity contribution in [3.8, 4) is 0 Å². The maximum atomic E-state index is 14.4. The molecule has 16 nitrogen and oxygen atoms in total. The van der Waals surface area contributed by atoms with Crippen LogP contribution < -0.4 is 21.7 Å². The number of carbonyl (C=O) groups is 5. The maximum absolute atomic E-state index is 14.4. The summed E-state index contributed by atoms with van der Waals surface area (Å²) in [6, 6.07) is 7.78. The fraction of sp³-hybridized carbons (Fsp3) is 0.634. The second kappa shape index (κ2) is 22.3. The van der Waals surface area contributed by atoms with Gasteiger partial charge >= 0.3 is 5.97 Å². The molecule has 3 unspecified atom stereocenters. The highest BCUT2D eigenvalue weighted by atomic mass is 16.5. The molecule has 316 valence electrons. The zero-order chi connectivity index (χ0) is 42.4. The predicted molar refractivity (Wildman–Crippen MR) is 216 cm³/mol. The molecular weight excluding hydrogens is 732 g/mol. The number of aryl methyl sites for hydroxylation is 1. The maximum Gasteiger partial charge on any atom is 0.326 e. The van der Waals surface area contributed by atoms with E-state index in [0.717, 1.165) is 5.56 Å². The summed E-state index contributed by atoms with van der Waals surface area (Å²) in [5.74, 6) is -3.39. The quantitative estimate of drug-likeness (QED) is 0.116. The van der Waals surface area contributed by atoms with Crippen molar-refractivity contribution >= 4 is 35.5 Å². The average molecular weight is 797 g/mol. The van der Waals surface area contributed by atoms with Gasteiger partial charge in [0.1, 0.15) is 17.8 Å².